The fraction of sp³-hybridized carbons (Fsp3) is 0.375. The second kappa shape index (κ2) is 6.89. The van der Waals surface area contributed by atoms with Gasteiger partial charge in [0.1, 0.15) is 0 Å². The molecule has 0 bridgehead atoms. The molecule has 2 N–H and O–H groups in total. The third kappa shape index (κ3) is 4.23. The summed E-state index contributed by atoms with van der Waals surface area (Å²) in [5.74, 6) is -0.740. The van der Waals surface area contributed by atoms with E-state index in [0.717, 1.165) is 36.9 Å². The second-order valence-corrected chi connectivity index (χ2v) is 5.08. The van der Waals surface area contributed by atoms with Crippen LogP contribution in [0.15, 0.2) is 36.4 Å². The van der Waals surface area contributed by atoms with E-state index in [9.17, 15) is 9.59 Å². The van der Waals surface area contributed by atoms with Crippen molar-refractivity contribution in [2.75, 3.05) is 5.32 Å². The molecule has 0 heterocycles. The average Bonchev–Trinajstić information content (AvgIpc) is 2.69. The molecule has 0 unspecified atom stereocenters. The predicted molar refractivity (Wildman–Crippen MR) is 77.5 cm³/mol. The van der Waals surface area contributed by atoms with Gasteiger partial charge in [-0.05, 0) is 43.4 Å². The molecule has 0 atom stereocenters. The van der Waals surface area contributed by atoms with Gasteiger partial charge in [0.2, 0.25) is 5.91 Å². The Morgan fingerprint density at radius 1 is 1.10 bits per heavy atom. The van der Waals surface area contributed by atoms with Gasteiger partial charge in [-0.2, -0.15) is 0 Å². The van der Waals surface area contributed by atoms with Gasteiger partial charge in [0.15, 0.2) is 0 Å². The minimum Gasteiger partial charge on any atom is -0.481 e. The lowest BCUT2D eigenvalue weighted by atomic mass is 9.99. The first-order chi connectivity index (χ1) is 9.65. The highest BCUT2D eigenvalue weighted by Gasteiger charge is 2.18. The van der Waals surface area contributed by atoms with E-state index in [4.69, 9.17) is 5.11 Å². The van der Waals surface area contributed by atoms with Gasteiger partial charge in [-0.15, -0.1) is 0 Å². The molecule has 0 aromatic heterocycles. The molecule has 1 aromatic rings. The van der Waals surface area contributed by atoms with Gasteiger partial charge in [-0.1, -0.05) is 24.3 Å². The van der Waals surface area contributed by atoms with Gasteiger partial charge in [0.05, 0.1) is 6.42 Å². The standard InChI is InChI=1S/C16H19NO3/c18-15(19)11-12-7-9-14(10-8-12)17-16(20)13-5-3-1-2-4-6-13/h1-2,7-10,13H,3-6,11H2,(H,17,20)(H,18,19). The van der Waals surface area contributed by atoms with Gasteiger partial charge >= 0.3 is 5.97 Å². The molecule has 4 nitrogen and oxygen atoms in total. The Morgan fingerprint density at radius 2 is 1.70 bits per heavy atom. The number of carboxylic acid groups (broad SMARTS) is 1. The van der Waals surface area contributed by atoms with Gasteiger partial charge in [-0.25, -0.2) is 0 Å². The Morgan fingerprint density at radius 3 is 2.25 bits per heavy atom. The molecule has 0 fully saturated rings. The van der Waals surface area contributed by atoms with E-state index < -0.39 is 5.97 Å². The summed E-state index contributed by atoms with van der Waals surface area (Å²) in [6, 6.07) is 6.98. The minimum absolute atomic E-state index is 0.00250. The maximum absolute atomic E-state index is 12.1. The quantitative estimate of drug-likeness (QED) is 0.829. The van der Waals surface area contributed by atoms with Crippen LogP contribution in [0.25, 0.3) is 0 Å². The lowest BCUT2D eigenvalue weighted by molar-refractivity contribution is -0.136. The Labute approximate surface area is 118 Å². The summed E-state index contributed by atoms with van der Waals surface area (Å²) in [5, 5.41) is 11.6. The van der Waals surface area contributed by atoms with Crippen molar-refractivity contribution in [3.8, 4) is 0 Å². The zero-order valence-electron chi connectivity index (χ0n) is 11.3. The van der Waals surface area contributed by atoms with Crippen LogP contribution in [0.3, 0.4) is 0 Å². The highest BCUT2D eigenvalue weighted by atomic mass is 16.4. The van der Waals surface area contributed by atoms with E-state index in [0.29, 0.717) is 0 Å². The molecule has 2 rings (SSSR count). The number of allylic oxidation sites excluding steroid dienone is 2. The van der Waals surface area contributed by atoms with Gasteiger partial charge in [0.25, 0.3) is 0 Å². The van der Waals surface area contributed by atoms with Crippen molar-refractivity contribution in [1.82, 2.24) is 0 Å². The molecular formula is C16H19NO3. The van der Waals surface area contributed by atoms with E-state index in [1.165, 1.54) is 0 Å². The summed E-state index contributed by atoms with van der Waals surface area (Å²) in [6.45, 7) is 0. The maximum Gasteiger partial charge on any atom is 0.307 e. The predicted octanol–water partition coefficient (Wildman–Crippen LogP) is 3.00. The monoisotopic (exact) mass is 273 g/mol. The number of carbonyl (C=O) groups is 2. The summed E-state index contributed by atoms with van der Waals surface area (Å²) in [6.07, 6.45) is 7.95. The lowest BCUT2D eigenvalue weighted by Crippen LogP contribution is -2.22. The Balaban J connectivity index is 1.92. The summed E-state index contributed by atoms with van der Waals surface area (Å²) in [4.78, 5) is 22.7. The van der Waals surface area contributed by atoms with Crippen LogP contribution in [0.1, 0.15) is 31.2 Å². The number of hydrogen-bond acceptors (Lipinski definition) is 2. The number of benzene rings is 1. The van der Waals surface area contributed by atoms with Crippen LogP contribution >= 0.6 is 0 Å². The zero-order valence-corrected chi connectivity index (χ0v) is 11.3. The molecule has 1 aliphatic carbocycles. The number of amides is 1. The van der Waals surface area contributed by atoms with Gasteiger partial charge in [-0.3, -0.25) is 9.59 Å². The molecule has 20 heavy (non-hydrogen) atoms. The van der Waals surface area contributed by atoms with Crippen LogP contribution in [-0.2, 0) is 16.0 Å². The first-order valence-corrected chi connectivity index (χ1v) is 6.92. The lowest BCUT2D eigenvalue weighted by Gasteiger charge is -2.14. The van der Waals surface area contributed by atoms with Crippen LogP contribution in [0.4, 0.5) is 5.69 Å². The maximum atomic E-state index is 12.1. The van der Waals surface area contributed by atoms with Crippen LogP contribution in [0.5, 0.6) is 0 Å². The first-order valence-electron chi connectivity index (χ1n) is 6.92. The van der Waals surface area contributed by atoms with Gasteiger partial charge in [0, 0.05) is 11.6 Å². The number of anilines is 1. The van der Waals surface area contributed by atoms with E-state index in [1.54, 1.807) is 24.3 Å². The van der Waals surface area contributed by atoms with Crippen LogP contribution in [0, 0.1) is 5.92 Å². The third-order valence-corrected chi connectivity index (χ3v) is 3.48. The van der Waals surface area contributed by atoms with Crippen molar-refractivity contribution in [2.24, 2.45) is 5.92 Å². The number of carboxylic acids is 1. The van der Waals surface area contributed by atoms with E-state index in [1.807, 2.05) is 0 Å². The molecule has 0 spiro atoms. The normalized spacial score (nSPS) is 15.6. The molecule has 1 aromatic carbocycles. The summed E-state index contributed by atoms with van der Waals surface area (Å²) in [7, 11) is 0. The molecule has 0 saturated heterocycles. The number of aliphatic carboxylic acids is 1. The Hall–Kier alpha value is -2.10. The highest BCUT2D eigenvalue weighted by Crippen LogP contribution is 2.20. The van der Waals surface area contributed by atoms with Crippen molar-refractivity contribution < 1.29 is 14.7 Å². The summed E-state index contributed by atoms with van der Waals surface area (Å²) in [5.41, 5.74) is 1.45. The highest BCUT2D eigenvalue weighted by molar-refractivity contribution is 5.92. The summed E-state index contributed by atoms with van der Waals surface area (Å²) < 4.78 is 0. The number of carbonyl (C=O) groups excluding carboxylic acids is 1. The topological polar surface area (TPSA) is 66.4 Å². The van der Waals surface area contributed by atoms with Crippen LogP contribution in [0.2, 0.25) is 0 Å². The van der Waals surface area contributed by atoms with E-state index in [-0.39, 0.29) is 18.2 Å². The molecule has 0 saturated carbocycles. The van der Waals surface area contributed by atoms with Crippen LogP contribution < -0.4 is 5.32 Å². The van der Waals surface area contributed by atoms with Gasteiger partial charge < -0.3 is 10.4 Å². The van der Waals surface area contributed by atoms with Crippen LogP contribution in [-0.4, -0.2) is 17.0 Å². The molecule has 106 valence electrons. The number of nitrogens with one attached hydrogen (secondary N) is 1. The molecule has 0 aliphatic heterocycles. The number of hydrogen-bond donors (Lipinski definition) is 2. The first kappa shape index (κ1) is 14.3. The third-order valence-electron chi connectivity index (χ3n) is 3.48. The van der Waals surface area contributed by atoms with E-state index >= 15 is 0 Å². The Bertz CT molecular complexity index is 495. The largest absolute Gasteiger partial charge is 0.481 e. The second-order valence-electron chi connectivity index (χ2n) is 5.08. The average molecular weight is 273 g/mol. The smallest absolute Gasteiger partial charge is 0.307 e. The molecule has 4 heteroatoms. The molecule has 1 amide bonds. The van der Waals surface area contributed by atoms with E-state index in [2.05, 4.69) is 17.5 Å². The van der Waals surface area contributed by atoms with Crippen molar-refractivity contribution in [2.45, 2.75) is 32.1 Å². The molecular weight excluding hydrogens is 254 g/mol. The summed E-state index contributed by atoms with van der Waals surface area (Å²) >= 11 is 0. The SMILES string of the molecule is O=C(O)Cc1ccc(NC(=O)C2CCC=CCC2)cc1. The van der Waals surface area contributed by atoms with Crippen molar-refractivity contribution in [3.05, 3.63) is 42.0 Å². The van der Waals surface area contributed by atoms with Crippen molar-refractivity contribution in [3.63, 3.8) is 0 Å². The van der Waals surface area contributed by atoms with Crippen molar-refractivity contribution in [1.29, 1.82) is 0 Å². The Kier molecular flexibility index (Phi) is 4.93. The minimum atomic E-state index is -0.854. The fourth-order valence-electron chi connectivity index (χ4n) is 2.36. The molecule has 1 aliphatic rings. The van der Waals surface area contributed by atoms with Crippen molar-refractivity contribution >= 4 is 17.6 Å². The fourth-order valence-corrected chi connectivity index (χ4v) is 2.36. The zero-order chi connectivity index (χ0) is 14.4. The number of rotatable bonds is 4. The molecule has 0 radical (unpaired) electrons.